The molecule has 0 spiro atoms. The minimum Gasteiger partial charge on any atom is -0.542 e. The molecule has 88 valence electrons. The largest absolute Gasteiger partial charge is 1.00 e. The van der Waals surface area contributed by atoms with Gasteiger partial charge in [0.15, 0.2) is 0 Å². The van der Waals surface area contributed by atoms with Gasteiger partial charge in [-0.1, -0.05) is 30.7 Å². The van der Waals surface area contributed by atoms with Gasteiger partial charge in [-0.05, 0) is 31.0 Å². The maximum atomic E-state index is 5.87. The van der Waals surface area contributed by atoms with Gasteiger partial charge in [-0.3, -0.25) is 0 Å². The van der Waals surface area contributed by atoms with Crippen LogP contribution < -0.4 is 68.9 Å². The molecule has 1 saturated heterocycles. The molecule has 4 heteroatoms. The van der Waals surface area contributed by atoms with Gasteiger partial charge >= 0.3 is 68.9 Å². The van der Waals surface area contributed by atoms with E-state index in [9.17, 15) is 0 Å². The number of halogens is 1. The van der Waals surface area contributed by atoms with Crippen molar-refractivity contribution in [2.45, 2.75) is 31.0 Å². The third-order valence-electron chi connectivity index (χ3n) is 2.72. The maximum absolute atomic E-state index is 5.87. The van der Waals surface area contributed by atoms with Crippen LogP contribution in [0, 0.1) is 12.5 Å². The van der Waals surface area contributed by atoms with Crippen molar-refractivity contribution in [3.63, 3.8) is 0 Å². The number of thioether (sulfide) groups is 1. The Kier molecular flexibility index (Phi) is 8.19. The Labute approximate surface area is 172 Å². The Morgan fingerprint density at radius 2 is 2.06 bits per heavy atom. The Balaban J connectivity index is 0.00000144. The summed E-state index contributed by atoms with van der Waals surface area (Å²) < 4.78 is 5.59. The van der Waals surface area contributed by atoms with Crippen LogP contribution in [0.15, 0.2) is 24.3 Å². The van der Waals surface area contributed by atoms with Crippen LogP contribution in [-0.4, -0.2) is 5.44 Å². The summed E-state index contributed by atoms with van der Waals surface area (Å²) in [6, 6.07) is 8.06. The van der Waals surface area contributed by atoms with E-state index in [2.05, 4.69) is 26.0 Å². The van der Waals surface area contributed by atoms with E-state index in [1.165, 1.54) is 5.56 Å². The molecule has 1 aliphatic rings. The molecule has 0 aliphatic carbocycles. The van der Waals surface area contributed by atoms with E-state index in [1.54, 1.807) is 0 Å². The number of hydrogen-bond donors (Lipinski definition) is 0. The monoisotopic (exact) mass is 388 g/mol. The van der Waals surface area contributed by atoms with E-state index in [-0.39, 0.29) is 68.9 Å². The van der Waals surface area contributed by atoms with E-state index in [1.807, 2.05) is 30.5 Å². The number of benzene rings is 1. The molecule has 1 fully saturated rings. The van der Waals surface area contributed by atoms with Crippen LogP contribution in [0.5, 0.6) is 0 Å². The molecule has 17 heavy (non-hydrogen) atoms. The first-order chi connectivity index (χ1) is 7.65. The summed E-state index contributed by atoms with van der Waals surface area (Å²) in [5.74, 6) is 0.579. The summed E-state index contributed by atoms with van der Waals surface area (Å²) in [5.41, 5.74) is 1.61. The Morgan fingerprint density at radius 3 is 2.59 bits per heavy atom. The molecule has 2 rings (SSSR count). The van der Waals surface area contributed by atoms with Crippen LogP contribution in [0.3, 0.4) is 0 Å². The average molecular weight is 389 g/mol. The molecule has 1 aromatic rings. The van der Waals surface area contributed by atoms with E-state index in [0.29, 0.717) is 16.6 Å². The molecule has 0 saturated carbocycles. The third-order valence-corrected chi connectivity index (χ3v) is 4.26. The van der Waals surface area contributed by atoms with Gasteiger partial charge in [0.2, 0.25) is 0 Å². The average Bonchev–Trinajstić information content (AvgIpc) is 2.65. The minimum atomic E-state index is 0. The molecule has 0 N–H and O–H groups in total. The summed E-state index contributed by atoms with van der Waals surface area (Å²) in [6.07, 6.45) is 1.11. The van der Waals surface area contributed by atoms with Crippen molar-refractivity contribution >= 4 is 23.4 Å². The van der Waals surface area contributed by atoms with Crippen LogP contribution >= 0.6 is 23.4 Å². The van der Waals surface area contributed by atoms with Crippen molar-refractivity contribution in [2.24, 2.45) is 5.92 Å². The predicted octanol–water partition coefficient (Wildman–Crippen LogP) is 1.68. The van der Waals surface area contributed by atoms with Crippen LogP contribution in [-0.2, 0) is 4.74 Å². The van der Waals surface area contributed by atoms with Crippen molar-refractivity contribution in [1.29, 1.82) is 0 Å². The number of ether oxygens (including phenoxy) is 1. The van der Waals surface area contributed by atoms with Gasteiger partial charge in [0.25, 0.3) is 0 Å². The van der Waals surface area contributed by atoms with Crippen molar-refractivity contribution in [1.82, 2.24) is 0 Å². The van der Waals surface area contributed by atoms with Crippen LogP contribution in [0.4, 0.5) is 0 Å². The zero-order valence-electron chi connectivity index (χ0n) is 10.5. The summed E-state index contributed by atoms with van der Waals surface area (Å²) in [6.45, 7) is 6.35. The van der Waals surface area contributed by atoms with Crippen LogP contribution in [0.25, 0.3) is 0 Å². The third kappa shape index (κ3) is 5.40. The van der Waals surface area contributed by atoms with Gasteiger partial charge in [0, 0.05) is 10.3 Å². The van der Waals surface area contributed by atoms with E-state index in [4.69, 9.17) is 16.3 Å². The second kappa shape index (κ2) is 8.22. The number of hydrogen-bond acceptors (Lipinski definition) is 2. The number of rotatable bonds is 3. The molecule has 0 radical (unpaired) electrons. The quantitative estimate of drug-likeness (QED) is 0.729. The van der Waals surface area contributed by atoms with Gasteiger partial charge in [-0.2, -0.15) is 0 Å². The van der Waals surface area contributed by atoms with Gasteiger partial charge in [0.05, 0.1) is 5.44 Å². The molecular formula is C13H16ClCsOS. The minimum absolute atomic E-state index is 0. The van der Waals surface area contributed by atoms with Crippen molar-refractivity contribution in [3.05, 3.63) is 41.5 Å². The zero-order valence-corrected chi connectivity index (χ0v) is 18.4. The smallest absolute Gasteiger partial charge is 0.542 e. The summed E-state index contributed by atoms with van der Waals surface area (Å²) >= 11 is 7.74. The Hall–Kier alpha value is 1.87. The van der Waals surface area contributed by atoms with Crippen molar-refractivity contribution in [2.75, 3.05) is 0 Å². The normalized spacial score (nSPS) is 25.4. The molecule has 1 aliphatic heterocycles. The van der Waals surface area contributed by atoms with Crippen molar-refractivity contribution < 1.29 is 73.6 Å². The fourth-order valence-corrected chi connectivity index (χ4v) is 3.20. The molecule has 0 amide bonds. The Bertz CT molecular complexity index is 344. The van der Waals surface area contributed by atoms with Gasteiger partial charge in [-0.25, -0.2) is 6.61 Å². The molecule has 1 heterocycles. The second-order valence-corrected chi connectivity index (χ2v) is 6.19. The van der Waals surface area contributed by atoms with E-state index < -0.39 is 0 Å². The molecule has 0 bridgehead atoms. The standard InChI is InChI=1S/C13H16ClOS.Cs/c1-9-7-13(15-8-9)16-10(2)11-3-5-12(14)6-4-11;/h3-6,8-10,13H,7H2,1-2H3;/q-1;+1/t9-,10?,13?;/m1./s1. The van der Waals surface area contributed by atoms with Crippen LogP contribution in [0.2, 0.25) is 5.02 Å². The fourth-order valence-electron chi connectivity index (χ4n) is 1.76. The van der Waals surface area contributed by atoms with Crippen molar-refractivity contribution in [3.8, 4) is 0 Å². The molecule has 0 aromatic heterocycles. The molecule has 1 aromatic carbocycles. The predicted molar refractivity (Wildman–Crippen MR) is 70.4 cm³/mol. The molecule has 3 atom stereocenters. The zero-order chi connectivity index (χ0) is 11.5. The topological polar surface area (TPSA) is 9.23 Å². The van der Waals surface area contributed by atoms with Gasteiger partial charge in [-0.15, -0.1) is 17.7 Å². The van der Waals surface area contributed by atoms with Gasteiger partial charge in [0.1, 0.15) is 0 Å². The second-order valence-electron chi connectivity index (χ2n) is 4.24. The van der Waals surface area contributed by atoms with Crippen LogP contribution in [0.1, 0.15) is 31.1 Å². The summed E-state index contributed by atoms with van der Waals surface area (Å²) in [4.78, 5) is 0. The fraction of sp³-hybridized carbons (Fsp3) is 0.462. The summed E-state index contributed by atoms with van der Waals surface area (Å²) in [7, 11) is 0. The molecular weight excluding hydrogens is 373 g/mol. The maximum Gasteiger partial charge on any atom is 1.00 e. The van der Waals surface area contributed by atoms with Gasteiger partial charge < -0.3 is 4.74 Å². The van der Waals surface area contributed by atoms with E-state index in [0.717, 1.165) is 11.4 Å². The first-order valence-electron chi connectivity index (χ1n) is 5.55. The first-order valence-corrected chi connectivity index (χ1v) is 6.87. The van der Waals surface area contributed by atoms with E-state index >= 15 is 0 Å². The summed E-state index contributed by atoms with van der Waals surface area (Å²) in [5, 5.41) is 1.24. The first kappa shape index (κ1) is 16.9. The SMILES string of the molecule is CC(SC1C[C@@H](C)[CH-]O1)c1ccc(Cl)cc1.[Cs+]. The Morgan fingerprint density at radius 1 is 1.41 bits per heavy atom. The molecule has 1 nitrogen and oxygen atoms in total. The molecule has 2 unspecified atom stereocenters.